The van der Waals surface area contributed by atoms with Crippen molar-refractivity contribution < 1.29 is 13.3 Å². The summed E-state index contributed by atoms with van der Waals surface area (Å²) in [5.41, 5.74) is 2.35. The largest absolute Gasteiger partial charge is 0.269 e. The quantitative estimate of drug-likeness (QED) is 0.644. The number of hydrogen-bond donors (Lipinski definition) is 1. The molecule has 1 heterocycles. The molecule has 0 saturated heterocycles. The molecule has 0 spiro atoms. The molecule has 106 valence electrons. The molecule has 0 radical (unpaired) electrons. The number of thiazole rings is 1. The Labute approximate surface area is 119 Å². The van der Waals surface area contributed by atoms with Gasteiger partial charge < -0.3 is 0 Å². The van der Waals surface area contributed by atoms with Crippen molar-refractivity contribution in [3.8, 4) is 0 Å². The lowest BCUT2D eigenvalue weighted by Gasteiger charge is -2.05. The maximum Gasteiger partial charge on any atom is 0.269 e. The first-order valence-corrected chi connectivity index (χ1v) is 8.03. The molecule has 20 heavy (non-hydrogen) atoms. The molecule has 1 aromatic carbocycles. The van der Waals surface area contributed by atoms with E-state index >= 15 is 0 Å². The first kappa shape index (κ1) is 14.6. The minimum Gasteiger partial charge on any atom is -0.258 e. The van der Waals surface area contributed by atoms with Crippen LogP contribution in [0.1, 0.15) is 5.69 Å². The highest BCUT2D eigenvalue weighted by molar-refractivity contribution is 7.89. The minimum atomic E-state index is -3.65. The highest BCUT2D eigenvalue weighted by Gasteiger charge is 2.15. The Bertz CT molecular complexity index is 681. The topological polar surface area (TPSA) is 102 Å². The van der Waals surface area contributed by atoms with E-state index in [0.29, 0.717) is 6.42 Å². The van der Waals surface area contributed by atoms with Crippen LogP contribution < -0.4 is 4.72 Å². The average molecular weight is 313 g/mol. The van der Waals surface area contributed by atoms with Crippen LogP contribution in [0.15, 0.2) is 40.1 Å². The number of nitrogens with zero attached hydrogens (tertiary/aromatic N) is 2. The van der Waals surface area contributed by atoms with Gasteiger partial charge in [-0.15, -0.1) is 11.3 Å². The predicted octanol–water partition coefficient (Wildman–Crippen LogP) is 1.57. The fourth-order valence-electron chi connectivity index (χ4n) is 1.50. The van der Waals surface area contributed by atoms with E-state index in [0.717, 1.165) is 17.8 Å². The maximum absolute atomic E-state index is 11.9. The van der Waals surface area contributed by atoms with Crippen LogP contribution in [0.4, 0.5) is 5.69 Å². The van der Waals surface area contributed by atoms with Crippen LogP contribution in [0.2, 0.25) is 0 Å². The third-order valence-electron chi connectivity index (χ3n) is 2.51. The first-order valence-electron chi connectivity index (χ1n) is 5.60. The molecular weight excluding hydrogens is 302 g/mol. The number of non-ortho nitro benzene ring substituents is 1. The lowest BCUT2D eigenvalue weighted by molar-refractivity contribution is -0.384. The lowest BCUT2D eigenvalue weighted by Crippen LogP contribution is -2.26. The van der Waals surface area contributed by atoms with Crippen LogP contribution in [-0.4, -0.2) is 24.9 Å². The van der Waals surface area contributed by atoms with Gasteiger partial charge in [0.15, 0.2) is 0 Å². The van der Waals surface area contributed by atoms with E-state index in [1.54, 1.807) is 5.51 Å². The molecule has 0 aliphatic carbocycles. The summed E-state index contributed by atoms with van der Waals surface area (Å²) in [7, 11) is -3.65. The fourth-order valence-corrected chi connectivity index (χ4v) is 3.13. The first-order chi connectivity index (χ1) is 9.49. The van der Waals surface area contributed by atoms with Gasteiger partial charge in [-0.3, -0.25) is 10.1 Å². The molecule has 9 heteroatoms. The molecule has 7 nitrogen and oxygen atoms in total. The molecule has 0 aliphatic heterocycles. The Morgan fingerprint density at radius 3 is 2.55 bits per heavy atom. The average Bonchev–Trinajstić information content (AvgIpc) is 2.92. The monoisotopic (exact) mass is 313 g/mol. The maximum atomic E-state index is 11.9. The summed E-state index contributed by atoms with van der Waals surface area (Å²) in [4.78, 5) is 14.0. The van der Waals surface area contributed by atoms with E-state index in [2.05, 4.69) is 9.71 Å². The summed E-state index contributed by atoms with van der Waals surface area (Å²) in [5.74, 6) is 0. The molecule has 0 saturated carbocycles. The number of rotatable bonds is 6. The molecule has 0 atom stereocenters. The summed E-state index contributed by atoms with van der Waals surface area (Å²) < 4.78 is 26.3. The van der Waals surface area contributed by atoms with Crippen molar-refractivity contribution >= 4 is 27.0 Å². The molecule has 0 bridgehead atoms. The molecular formula is C11H11N3O4S2. The van der Waals surface area contributed by atoms with Gasteiger partial charge >= 0.3 is 0 Å². The SMILES string of the molecule is O=[N+]([O-])c1ccc(S(=O)(=O)NCCc2cscn2)cc1. The van der Waals surface area contributed by atoms with Crippen molar-refractivity contribution in [2.75, 3.05) is 6.54 Å². The Kier molecular flexibility index (Phi) is 4.42. The number of nitrogens with one attached hydrogen (secondary N) is 1. The van der Waals surface area contributed by atoms with Crippen molar-refractivity contribution in [2.24, 2.45) is 0 Å². The smallest absolute Gasteiger partial charge is 0.258 e. The number of sulfonamides is 1. The van der Waals surface area contributed by atoms with Crippen molar-refractivity contribution in [3.05, 3.63) is 51.0 Å². The molecule has 0 aliphatic rings. The summed E-state index contributed by atoms with van der Waals surface area (Å²) in [6.07, 6.45) is 0.496. The second kappa shape index (κ2) is 6.07. The zero-order chi connectivity index (χ0) is 14.6. The van der Waals surface area contributed by atoms with Gasteiger partial charge in [0, 0.05) is 30.5 Å². The zero-order valence-corrected chi connectivity index (χ0v) is 11.9. The van der Waals surface area contributed by atoms with Gasteiger partial charge in [0.2, 0.25) is 10.0 Å². The third kappa shape index (κ3) is 3.59. The minimum absolute atomic E-state index is 0.00128. The van der Waals surface area contributed by atoms with Gasteiger partial charge in [0.1, 0.15) is 0 Å². The van der Waals surface area contributed by atoms with Crippen LogP contribution in [0, 0.1) is 10.1 Å². The molecule has 2 aromatic rings. The summed E-state index contributed by atoms with van der Waals surface area (Å²) >= 11 is 1.45. The van der Waals surface area contributed by atoms with Gasteiger partial charge in [-0.1, -0.05) is 0 Å². The summed E-state index contributed by atoms with van der Waals surface area (Å²) in [5, 5.41) is 12.3. The number of aromatic nitrogens is 1. The van der Waals surface area contributed by atoms with E-state index < -0.39 is 14.9 Å². The zero-order valence-electron chi connectivity index (χ0n) is 10.2. The molecule has 0 amide bonds. The van der Waals surface area contributed by atoms with E-state index in [1.807, 2.05) is 5.38 Å². The Hall–Kier alpha value is -1.84. The van der Waals surface area contributed by atoms with E-state index in [-0.39, 0.29) is 17.1 Å². The van der Waals surface area contributed by atoms with Crippen LogP contribution in [0.5, 0.6) is 0 Å². The van der Waals surface area contributed by atoms with E-state index in [1.165, 1.54) is 23.5 Å². The van der Waals surface area contributed by atoms with Crippen molar-refractivity contribution in [1.82, 2.24) is 9.71 Å². The van der Waals surface area contributed by atoms with Gasteiger partial charge in [-0.2, -0.15) is 0 Å². The number of benzene rings is 1. The van der Waals surface area contributed by atoms with Crippen molar-refractivity contribution in [3.63, 3.8) is 0 Å². The van der Waals surface area contributed by atoms with Crippen LogP contribution >= 0.6 is 11.3 Å². The molecule has 0 fully saturated rings. The van der Waals surface area contributed by atoms with E-state index in [9.17, 15) is 18.5 Å². The third-order valence-corrected chi connectivity index (χ3v) is 4.63. The highest BCUT2D eigenvalue weighted by Crippen LogP contribution is 2.15. The molecule has 1 N–H and O–H groups in total. The van der Waals surface area contributed by atoms with Crippen molar-refractivity contribution in [1.29, 1.82) is 0 Å². The lowest BCUT2D eigenvalue weighted by atomic mass is 10.3. The highest BCUT2D eigenvalue weighted by atomic mass is 32.2. The number of nitro benzene ring substituents is 1. The number of nitro groups is 1. The van der Waals surface area contributed by atoms with Crippen LogP contribution in [-0.2, 0) is 16.4 Å². The van der Waals surface area contributed by atoms with Gasteiger partial charge in [-0.25, -0.2) is 18.1 Å². The summed E-state index contributed by atoms with van der Waals surface area (Å²) in [6, 6.07) is 4.75. The number of hydrogen-bond acceptors (Lipinski definition) is 6. The molecule has 2 rings (SSSR count). The standard InChI is InChI=1S/C11H11N3O4S2/c15-14(16)10-1-3-11(4-2-10)20(17,18)13-6-5-9-7-19-8-12-9/h1-4,7-8,13H,5-6H2. The molecule has 0 unspecified atom stereocenters. The van der Waals surface area contributed by atoms with Gasteiger partial charge in [0.25, 0.3) is 5.69 Å². The summed E-state index contributed by atoms with van der Waals surface area (Å²) in [6.45, 7) is 0.225. The Morgan fingerprint density at radius 2 is 2.00 bits per heavy atom. The Balaban J connectivity index is 2.00. The normalized spacial score (nSPS) is 11.4. The molecule has 1 aromatic heterocycles. The van der Waals surface area contributed by atoms with Crippen LogP contribution in [0.25, 0.3) is 0 Å². The van der Waals surface area contributed by atoms with Gasteiger partial charge in [-0.05, 0) is 12.1 Å². The predicted molar refractivity (Wildman–Crippen MR) is 74.1 cm³/mol. The van der Waals surface area contributed by atoms with Gasteiger partial charge in [0.05, 0.1) is 21.0 Å². The van der Waals surface area contributed by atoms with Crippen LogP contribution in [0.3, 0.4) is 0 Å². The van der Waals surface area contributed by atoms with Crippen molar-refractivity contribution in [2.45, 2.75) is 11.3 Å². The fraction of sp³-hybridized carbons (Fsp3) is 0.182. The van der Waals surface area contributed by atoms with E-state index in [4.69, 9.17) is 0 Å². The second-order valence-electron chi connectivity index (χ2n) is 3.88. The second-order valence-corrected chi connectivity index (χ2v) is 6.36. The Morgan fingerprint density at radius 1 is 1.30 bits per heavy atom.